The first kappa shape index (κ1) is 80.2. The van der Waals surface area contributed by atoms with E-state index in [1.165, 1.54) is 193 Å². The Morgan fingerprint density at radius 2 is 0.381 bits per heavy atom. The Morgan fingerprint density at radius 3 is 0.557 bits per heavy atom. The summed E-state index contributed by atoms with van der Waals surface area (Å²) in [5, 5.41) is 4.30. The summed E-state index contributed by atoms with van der Waals surface area (Å²) < 4.78 is 0. The van der Waals surface area contributed by atoms with Crippen molar-refractivity contribution in [2.45, 2.75) is 300 Å². The maximum atomic E-state index is 5.95. The Labute approximate surface area is 629 Å². The Kier molecular flexibility index (Phi) is 37.2. The number of thioether (sulfide) groups is 8. The van der Waals surface area contributed by atoms with Gasteiger partial charge in [0.2, 0.25) is 0 Å². The maximum absolute atomic E-state index is 5.95. The smallest absolute Gasteiger partial charge is 0.357 e. The van der Waals surface area contributed by atoms with Gasteiger partial charge in [0.05, 0.1) is 23.3 Å². The zero-order valence-electron chi connectivity index (χ0n) is 60.0. The molecule has 531 valence electrons. The van der Waals surface area contributed by atoms with Gasteiger partial charge in [-0.05, 0) is 146 Å². The minimum Gasteiger partial charge on any atom is -0.357 e. The molecule has 0 spiro atoms. The first-order chi connectivity index (χ1) is 47.4. The van der Waals surface area contributed by atoms with E-state index in [0.29, 0.717) is 45.9 Å². The van der Waals surface area contributed by atoms with Gasteiger partial charge in [-0.1, -0.05) is 209 Å². The summed E-state index contributed by atoms with van der Waals surface area (Å²) in [5.41, 5.74) is 7.01. The fourth-order valence-corrected chi connectivity index (χ4v) is 21.1. The Hall–Kier alpha value is -2.44. The van der Waals surface area contributed by atoms with E-state index in [2.05, 4.69) is 104 Å². The third-order valence-corrected chi connectivity index (χ3v) is 27.2. The standard InChI is InChI=1S/C80H112N8S8.Cu/c1-9-17-25-33-49-89-57-41-42-58(90-50-34-26-18-10-2)66-65(57)73-81-74(66)86-76-69-61(93-53-37-29-21-13-5)45-46-62(94-54-38-30-22-14-6)70(69)78(83-76)88-80-72-64(96-56-40-32-24-16-8)48-47-63(95-55-39-31-23-15-7)71(72)79(84-80)87-77-68-60(92-52-36-28-20-12-4)44-43-59(67(68)75(82-77)85-73)91-51-35-27-19-11-3;/h41-48H,9-40,49-56H2,1-8H3;/q-2;+2. The van der Waals surface area contributed by atoms with Gasteiger partial charge in [-0.15, -0.1) is 94.1 Å². The van der Waals surface area contributed by atoms with Gasteiger partial charge in [-0.2, -0.15) is 0 Å². The summed E-state index contributed by atoms with van der Waals surface area (Å²) in [5.74, 6) is 10.9. The molecule has 3 aromatic heterocycles. The minimum atomic E-state index is 0. The fourth-order valence-electron chi connectivity index (χ4n) is 12.6. The second-order valence-corrected chi connectivity index (χ2v) is 35.1. The van der Waals surface area contributed by atoms with Gasteiger partial charge in [0.25, 0.3) is 0 Å². The molecule has 97 heavy (non-hydrogen) atoms. The molecule has 7 aromatic rings. The van der Waals surface area contributed by atoms with Crippen molar-refractivity contribution in [3.8, 4) is 45.6 Å². The molecule has 8 nitrogen and oxygen atoms in total. The summed E-state index contributed by atoms with van der Waals surface area (Å²) in [6, 6.07) is 19.0. The number of nitrogens with zero attached hydrogens (tertiary/aromatic N) is 8. The Balaban J connectivity index is 0.0000120. The van der Waals surface area contributed by atoms with Crippen LogP contribution in [-0.4, -0.2) is 75.9 Å². The molecule has 0 aliphatic carbocycles. The molecular weight excluding hydrogens is 1390 g/mol. The first-order valence-electron chi connectivity index (χ1n) is 37.8. The molecule has 0 fully saturated rings. The van der Waals surface area contributed by atoms with Crippen molar-refractivity contribution in [1.82, 2.24) is 39.9 Å². The Morgan fingerprint density at radius 1 is 0.216 bits per heavy atom. The van der Waals surface area contributed by atoms with E-state index in [1.54, 1.807) is 0 Å². The van der Waals surface area contributed by atoms with Crippen molar-refractivity contribution >= 4 is 138 Å². The van der Waals surface area contributed by atoms with Gasteiger partial charge in [0, 0.05) is 106 Å². The van der Waals surface area contributed by atoms with E-state index >= 15 is 0 Å². The number of hydrogen-bond acceptors (Lipinski definition) is 14. The average molecular weight is 1510 g/mol. The van der Waals surface area contributed by atoms with Crippen molar-refractivity contribution in [2.75, 3.05) is 46.0 Å². The molecule has 9 rings (SSSR count). The molecule has 0 unspecified atom stereocenters. The van der Waals surface area contributed by atoms with Crippen LogP contribution in [0.4, 0.5) is 0 Å². The molecule has 2 aliphatic rings. The van der Waals surface area contributed by atoms with Gasteiger partial charge in [-0.3, -0.25) is 0 Å². The van der Waals surface area contributed by atoms with Crippen LogP contribution in [0.3, 0.4) is 0 Å². The van der Waals surface area contributed by atoms with Gasteiger partial charge in [0.1, 0.15) is 0 Å². The van der Waals surface area contributed by atoms with E-state index in [1.807, 2.05) is 94.1 Å². The van der Waals surface area contributed by atoms with Gasteiger partial charge in [0.15, 0.2) is 0 Å². The van der Waals surface area contributed by atoms with Crippen molar-refractivity contribution in [1.29, 1.82) is 0 Å². The second kappa shape index (κ2) is 44.9. The molecule has 4 aromatic carbocycles. The molecular formula is C80H112CuN8S8. The quantitative estimate of drug-likeness (QED) is 0.0205. The number of rotatable bonds is 48. The third-order valence-electron chi connectivity index (χ3n) is 18.0. The largest absolute Gasteiger partial charge is 2.00 e. The van der Waals surface area contributed by atoms with E-state index in [4.69, 9.17) is 39.9 Å². The van der Waals surface area contributed by atoms with Crippen molar-refractivity contribution in [3.05, 3.63) is 48.5 Å². The molecule has 5 heterocycles. The van der Waals surface area contributed by atoms with Crippen LogP contribution in [0.25, 0.3) is 89.7 Å². The molecule has 0 atom stereocenters. The molecule has 8 bridgehead atoms. The molecule has 0 saturated heterocycles. The zero-order chi connectivity index (χ0) is 67.1. The average Bonchev–Trinajstić information content (AvgIpc) is 1.51. The predicted octanol–water partition coefficient (Wildman–Crippen LogP) is 27.5. The summed E-state index contributed by atoms with van der Waals surface area (Å²) >= 11 is 15.7. The number of unbranched alkanes of at least 4 members (excludes halogenated alkanes) is 24. The third kappa shape index (κ3) is 22.8. The van der Waals surface area contributed by atoms with Gasteiger partial charge in [-0.25, -0.2) is 9.97 Å². The van der Waals surface area contributed by atoms with E-state index in [-0.39, 0.29) is 17.1 Å². The van der Waals surface area contributed by atoms with Crippen LogP contribution in [-0.2, 0) is 17.1 Å². The topological polar surface area (TPSA) is 106 Å². The minimum absolute atomic E-state index is 0. The molecule has 17 heteroatoms. The monoisotopic (exact) mass is 1500 g/mol. The summed E-state index contributed by atoms with van der Waals surface area (Å²) in [6.07, 6.45) is 38.6. The summed E-state index contributed by atoms with van der Waals surface area (Å²) in [7, 11) is 0. The second-order valence-electron chi connectivity index (χ2n) is 26.0. The number of fused-ring (bicyclic) bond motifs is 20. The predicted molar refractivity (Wildman–Crippen MR) is 433 cm³/mol. The van der Waals surface area contributed by atoms with Crippen LogP contribution in [0.15, 0.2) is 87.7 Å². The van der Waals surface area contributed by atoms with Gasteiger partial charge < -0.3 is 29.9 Å². The van der Waals surface area contributed by atoms with Crippen LogP contribution < -0.4 is 9.97 Å². The van der Waals surface area contributed by atoms with E-state index < -0.39 is 0 Å². The molecule has 2 aliphatic heterocycles. The molecule has 0 N–H and O–H groups in total. The van der Waals surface area contributed by atoms with Crippen molar-refractivity contribution in [2.24, 2.45) is 0 Å². The van der Waals surface area contributed by atoms with Crippen LogP contribution in [0.5, 0.6) is 0 Å². The Bertz CT molecular complexity index is 3240. The van der Waals surface area contributed by atoms with Gasteiger partial charge >= 0.3 is 17.1 Å². The summed E-state index contributed by atoms with van der Waals surface area (Å²) in [6.45, 7) is 18.4. The zero-order valence-corrected chi connectivity index (χ0v) is 67.5. The molecule has 0 amide bonds. The van der Waals surface area contributed by atoms with E-state index in [9.17, 15) is 0 Å². The van der Waals surface area contributed by atoms with E-state index in [0.717, 1.165) is 141 Å². The number of aromatic nitrogens is 8. The SMILES string of the molecule is CCCCCCSc1ccc(SCCCCCC)c2c1-c1nc-2nc2[n-]c(nc3nc(nc4[n-]c(n1)c1c(SCCCCCC)ccc(SCCCCCC)c41)-c1c(SCCCCCC)ccc(SCCCCCC)c1-3)c1c(SCCCCCC)ccc(SCCCCCC)c21.[Cu+2]. The van der Waals surface area contributed by atoms with Crippen LogP contribution in [0, 0.1) is 0 Å². The normalized spacial score (nSPS) is 12.0. The van der Waals surface area contributed by atoms with Crippen molar-refractivity contribution < 1.29 is 17.1 Å². The van der Waals surface area contributed by atoms with Crippen LogP contribution >= 0.6 is 94.1 Å². The summed E-state index contributed by atoms with van der Waals surface area (Å²) in [4.78, 5) is 56.7. The maximum Gasteiger partial charge on any atom is 2.00 e. The van der Waals surface area contributed by atoms with Crippen molar-refractivity contribution in [3.63, 3.8) is 0 Å². The number of benzene rings is 4. The first-order valence-corrected chi connectivity index (χ1v) is 45.7. The molecule has 1 radical (unpaired) electrons. The number of hydrogen-bond donors (Lipinski definition) is 0. The molecule has 0 saturated carbocycles. The van der Waals surface area contributed by atoms with Crippen LogP contribution in [0.1, 0.15) is 261 Å². The fraction of sp³-hybridized carbons (Fsp3) is 0.600. The van der Waals surface area contributed by atoms with Crippen LogP contribution in [0.2, 0.25) is 0 Å².